The van der Waals surface area contributed by atoms with Gasteiger partial charge in [0.2, 0.25) is 0 Å². The maximum atomic E-state index is 10.1. The van der Waals surface area contributed by atoms with E-state index < -0.39 is 6.10 Å². The van der Waals surface area contributed by atoms with E-state index in [1.165, 1.54) is 11.1 Å². The summed E-state index contributed by atoms with van der Waals surface area (Å²) in [5.74, 6) is 0.490. The Labute approximate surface area is 135 Å². The van der Waals surface area contributed by atoms with Crippen molar-refractivity contribution >= 4 is 0 Å². The number of benzene rings is 1. The van der Waals surface area contributed by atoms with Crippen molar-refractivity contribution in [1.29, 1.82) is 0 Å². The van der Waals surface area contributed by atoms with Gasteiger partial charge in [0.25, 0.3) is 0 Å². The van der Waals surface area contributed by atoms with Crippen LogP contribution in [0, 0.1) is 12.8 Å². The van der Waals surface area contributed by atoms with Crippen LogP contribution < -0.4 is 0 Å². The summed E-state index contributed by atoms with van der Waals surface area (Å²) in [6.45, 7) is 10.2. The standard InChI is InChI=1S/C18H31NO3/c1-15(2)13-22-14-18(20)12-19(9-10-21-4)11-17-7-5-16(3)6-8-17/h5-8,15,18,20H,9-14H2,1-4H3/t18-/m1/s1. The predicted octanol–water partition coefficient (Wildman–Crippen LogP) is 2.48. The molecule has 1 N–H and O–H groups in total. The van der Waals surface area contributed by atoms with E-state index in [1.54, 1.807) is 7.11 Å². The van der Waals surface area contributed by atoms with Crippen LogP contribution in [0.15, 0.2) is 24.3 Å². The first-order chi connectivity index (χ1) is 10.5. The van der Waals surface area contributed by atoms with Crippen molar-refractivity contribution in [1.82, 2.24) is 4.90 Å². The summed E-state index contributed by atoms with van der Waals surface area (Å²) in [7, 11) is 1.70. The van der Waals surface area contributed by atoms with E-state index in [-0.39, 0.29) is 0 Å². The van der Waals surface area contributed by atoms with Gasteiger partial charge in [0.1, 0.15) is 0 Å². The Kier molecular flexibility index (Phi) is 9.32. The molecule has 0 radical (unpaired) electrons. The fourth-order valence-electron chi connectivity index (χ4n) is 2.20. The van der Waals surface area contributed by atoms with E-state index in [4.69, 9.17) is 9.47 Å². The number of methoxy groups -OCH3 is 1. The highest BCUT2D eigenvalue weighted by molar-refractivity contribution is 5.21. The maximum absolute atomic E-state index is 10.1. The van der Waals surface area contributed by atoms with Crippen molar-refractivity contribution in [2.75, 3.05) is 40.0 Å². The number of hydrogen-bond acceptors (Lipinski definition) is 4. The zero-order chi connectivity index (χ0) is 16.4. The van der Waals surface area contributed by atoms with Crippen molar-refractivity contribution < 1.29 is 14.6 Å². The average Bonchev–Trinajstić information content (AvgIpc) is 2.46. The SMILES string of the molecule is COCCN(Cc1ccc(C)cc1)C[C@@H](O)COCC(C)C. The molecule has 0 amide bonds. The van der Waals surface area contributed by atoms with Gasteiger partial charge in [-0.15, -0.1) is 0 Å². The van der Waals surface area contributed by atoms with Gasteiger partial charge in [0.15, 0.2) is 0 Å². The third-order valence-corrected chi connectivity index (χ3v) is 3.37. The second-order valence-corrected chi connectivity index (χ2v) is 6.30. The monoisotopic (exact) mass is 309 g/mol. The first-order valence-electron chi connectivity index (χ1n) is 8.04. The van der Waals surface area contributed by atoms with Crippen molar-refractivity contribution in [2.24, 2.45) is 5.92 Å². The Bertz CT molecular complexity index is 392. The predicted molar refractivity (Wildman–Crippen MR) is 90.0 cm³/mol. The van der Waals surface area contributed by atoms with Crippen LogP contribution in [0.1, 0.15) is 25.0 Å². The second-order valence-electron chi connectivity index (χ2n) is 6.30. The van der Waals surface area contributed by atoms with E-state index in [0.29, 0.717) is 32.3 Å². The Morgan fingerprint density at radius 1 is 1.14 bits per heavy atom. The lowest BCUT2D eigenvalue weighted by atomic mass is 10.1. The Morgan fingerprint density at radius 2 is 1.82 bits per heavy atom. The number of rotatable bonds is 11. The number of aryl methyl sites for hydroxylation is 1. The van der Waals surface area contributed by atoms with Crippen LogP contribution >= 0.6 is 0 Å². The number of nitrogens with zero attached hydrogens (tertiary/aromatic N) is 1. The summed E-state index contributed by atoms with van der Waals surface area (Å²) in [4.78, 5) is 2.21. The fourth-order valence-corrected chi connectivity index (χ4v) is 2.20. The van der Waals surface area contributed by atoms with Crippen molar-refractivity contribution in [3.8, 4) is 0 Å². The van der Waals surface area contributed by atoms with Gasteiger partial charge in [-0.2, -0.15) is 0 Å². The van der Waals surface area contributed by atoms with E-state index in [0.717, 1.165) is 13.1 Å². The molecule has 1 aromatic rings. The molecule has 0 aliphatic carbocycles. The quantitative estimate of drug-likeness (QED) is 0.682. The highest BCUT2D eigenvalue weighted by Crippen LogP contribution is 2.08. The summed E-state index contributed by atoms with van der Waals surface area (Å²) < 4.78 is 10.7. The summed E-state index contributed by atoms with van der Waals surface area (Å²) in [6.07, 6.45) is -0.471. The molecule has 0 fully saturated rings. The molecule has 0 saturated heterocycles. The van der Waals surface area contributed by atoms with E-state index in [1.807, 2.05) is 0 Å². The molecule has 0 unspecified atom stereocenters. The van der Waals surface area contributed by atoms with Crippen LogP contribution in [-0.4, -0.2) is 56.1 Å². The highest BCUT2D eigenvalue weighted by atomic mass is 16.5. The van der Waals surface area contributed by atoms with Gasteiger partial charge in [-0.3, -0.25) is 4.90 Å². The van der Waals surface area contributed by atoms with Gasteiger partial charge >= 0.3 is 0 Å². The lowest BCUT2D eigenvalue weighted by Crippen LogP contribution is -2.36. The molecule has 0 aliphatic heterocycles. The summed E-state index contributed by atoms with van der Waals surface area (Å²) in [6, 6.07) is 8.51. The molecule has 1 rings (SSSR count). The minimum absolute atomic E-state index is 0.384. The van der Waals surface area contributed by atoms with Crippen molar-refractivity contribution in [3.63, 3.8) is 0 Å². The van der Waals surface area contributed by atoms with Gasteiger partial charge in [0.05, 0.1) is 19.3 Å². The van der Waals surface area contributed by atoms with Crippen LogP contribution in [0.25, 0.3) is 0 Å². The molecule has 0 heterocycles. The van der Waals surface area contributed by atoms with Crippen LogP contribution in [0.3, 0.4) is 0 Å². The molecular weight excluding hydrogens is 278 g/mol. The van der Waals surface area contributed by atoms with E-state index in [9.17, 15) is 5.11 Å². The molecule has 0 bridgehead atoms. The molecule has 0 aliphatic rings. The molecule has 1 aromatic carbocycles. The number of hydrogen-bond donors (Lipinski definition) is 1. The minimum atomic E-state index is -0.471. The van der Waals surface area contributed by atoms with Crippen LogP contribution in [0.4, 0.5) is 0 Å². The normalized spacial score (nSPS) is 13.0. The van der Waals surface area contributed by atoms with Gasteiger partial charge < -0.3 is 14.6 Å². The molecule has 4 heteroatoms. The Hall–Kier alpha value is -0.940. The lowest BCUT2D eigenvalue weighted by molar-refractivity contribution is 0.00336. The lowest BCUT2D eigenvalue weighted by Gasteiger charge is -2.25. The number of aliphatic hydroxyl groups excluding tert-OH is 1. The van der Waals surface area contributed by atoms with Crippen molar-refractivity contribution in [3.05, 3.63) is 35.4 Å². The van der Waals surface area contributed by atoms with Gasteiger partial charge in [0, 0.05) is 33.4 Å². The molecule has 0 saturated carbocycles. The smallest absolute Gasteiger partial charge is 0.0900 e. The zero-order valence-corrected chi connectivity index (χ0v) is 14.4. The third kappa shape index (κ3) is 8.49. The van der Waals surface area contributed by atoms with Gasteiger partial charge in [-0.1, -0.05) is 43.7 Å². The molecule has 1 atom stereocenters. The Morgan fingerprint density at radius 3 is 2.41 bits per heavy atom. The molecule has 126 valence electrons. The summed E-state index contributed by atoms with van der Waals surface area (Å²) in [5, 5.41) is 10.1. The van der Waals surface area contributed by atoms with Gasteiger partial charge in [-0.25, -0.2) is 0 Å². The molecule has 22 heavy (non-hydrogen) atoms. The summed E-state index contributed by atoms with van der Waals surface area (Å²) in [5.41, 5.74) is 2.51. The third-order valence-electron chi connectivity index (χ3n) is 3.37. The topological polar surface area (TPSA) is 41.9 Å². The number of aliphatic hydroxyl groups is 1. The van der Waals surface area contributed by atoms with Crippen molar-refractivity contribution in [2.45, 2.75) is 33.4 Å². The largest absolute Gasteiger partial charge is 0.389 e. The maximum Gasteiger partial charge on any atom is 0.0900 e. The number of ether oxygens (including phenoxy) is 2. The molecule has 0 aromatic heterocycles. The van der Waals surface area contributed by atoms with Crippen LogP contribution in [0.2, 0.25) is 0 Å². The van der Waals surface area contributed by atoms with E-state index in [2.05, 4.69) is 49.9 Å². The molecule has 4 nitrogen and oxygen atoms in total. The molecular formula is C18H31NO3. The average molecular weight is 309 g/mol. The minimum Gasteiger partial charge on any atom is -0.389 e. The fraction of sp³-hybridized carbons (Fsp3) is 0.667. The highest BCUT2D eigenvalue weighted by Gasteiger charge is 2.13. The van der Waals surface area contributed by atoms with Crippen LogP contribution in [-0.2, 0) is 16.0 Å². The first kappa shape index (κ1) is 19.1. The first-order valence-corrected chi connectivity index (χ1v) is 8.04. The van der Waals surface area contributed by atoms with Crippen LogP contribution in [0.5, 0.6) is 0 Å². The summed E-state index contributed by atoms with van der Waals surface area (Å²) >= 11 is 0. The Balaban J connectivity index is 2.46. The zero-order valence-electron chi connectivity index (χ0n) is 14.4. The molecule has 0 spiro atoms. The van der Waals surface area contributed by atoms with E-state index >= 15 is 0 Å². The van der Waals surface area contributed by atoms with Gasteiger partial charge in [-0.05, 0) is 18.4 Å². The second kappa shape index (κ2) is 10.7.